The highest BCUT2D eigenvalue weighted by molar-refractivity contribution is 5.85. The van der Waals surface area contributed by atoms with E-state index in [4.69, 9.17) is 5.11 Å². The summed E-state index contributed by atoms with van der Waals surface area (Å²) in [4.78, 5) is 20.2. The fourth-order valence-electron chi connectivity index (χ4n) is 1.75. The van der Waals surface area contributed by atoms with Crippen LogP contribution >= 0.6 is 12.4 Å². The first-order valence-corrected chi connectivity index (χ1v) is 4.62. The molecule has 2 rings (SSSR count). The quantitative estimate of drug-likeness (QED) is 0.758. The predicted octanol–water partition coefficient (Wildman–Crippen LogP) is -0.0774. The van der Waals surface area contributed by atoms with Crippen molar-refractivity contribution in [3.8, 4) is 0 Å². The highest BCUT2D eigenvalue weighted by Gasteiger charge is 2.36. The van der Waals surface area contributed by atoms with Gasteiger partial charge >= 0.3 is 5.97 Å². The van der Waals surface area contributed by atoms with Crippen molar-refractivity contribution in [3.63, 3.8) is 0 Å². The number of halogens is 1. The number of hydrogen-bond acceptors (Lipinski definition) is 5. The summed E-state index contributed by atoms with van der Waals surface area (Å²) in [7, 11) is 0. The zero-order valence-corrected chi connectivity index (χ0v) is 9.17. The molecular formula is C9H12ClN3O3. The minimum absolute atomic E-state index is 0. The maximum Gasteiger partial charge on any atom is 0.326 e. The van der Waals surface area contributed by atoms with Gasteiger partial charge in [-0.15, -0.1) is 12.4 Å². The summed E-state index contributed by atoms with van der Waals surface area (Å²) in [6, 6.07) is 0.934. The average molecular weight is 246 g/mol. The van der Waals surface area contributed by atoms with Gasteiger partial charge in [0.05, 0.1) is 6.10 Å². The van der Waals surface area contributed by atoms with Crippen LogP contribution in [0.25, 0.3) is 0 Å². The van der Waals surface area contributed by atoms with Gasteiger partial charge in [-0.3, -0.25) is 0 Å². The number of hydrogen-bond donors (Lipinski definition) is 2. The fraction of sp³-hybridized carbons (Fsp3) is 0.444. The van der Waals surface area contributed by atoms with Crippen molar-refractivity contribution in [1.29, 1.82) is 0 Å². The standard InChI is InChI=1S/C9H11N3O3.ClH/c13-6-3-7(9(14)15)12(4-6)8-1-2-10-5-11-8;/h1-2,5-7,13H,3-4H2,(H,14,15);1H. The number of anilines is 1. The maximum atomic E-state index is 10.9. The van der Waals surface area contributed by atoms with Crippen LogP contribution in [-0.4, -0.2) is 44.8 Å². The van der Waals surface area contributed by atoms with Crippen LogP contribution in [0.1, 0.15) is 6.42 Å². The number of β-amino-alcohol motifs (C(OH)–C–C–N with tert-alkyl or cyclic N) is 1. The third kappa shape index (κ3) is 2.40. The summed E-state index contributed by atoms with van der Waals surface area (Å²) < 4.78 is 0. The van der Waals surface area contributed by atoms with Crippen LogP contribution < -0.4 is 4.90 Å². The molecule has 1 fully saturated rings. The highest BCUT2D eigenvalue weighted by atomic mass is 35.5. The second-order valence-electron chi connectivity index (χ2n) is 3.46. The van der Waals surface area contributed by atoms with Gasteiger partial charge in [0.15, 0.2) is 0 Å². The van der Waals surface area contributed by atoms with Crippen molar-refractivity contribution in [3.05, 3.63) is 18.6 Å². The van der Waals surface area contributed by atoms with Gasteiger partial charge < -0.3 is 15.1 Å². The van der Waals surface area contributed by atoms with Crippen LogP contribution in [0, 0.1) is 0 Å². The third-order valence-electron chi connectivity index (χ3n) is 2.42. The molecule has 2 N–H and O–H groups in total. The number of carbonyl (C=O) groups is 1. The first kappa shape index (κ1) is 12.7. The largest absolute Gasteiger partial charge is 0.480 e. The molecule has 2 heterocycles. The molecule has 1 aliphatic heterocycles. The van der Waals surface area contributed by atoms with Crippen molar-refractivity contribution < 1.29 is 15.0 Å². The van der Waals surface area contributed by atoms with E-state index >= 15 is 0 Å². The molecule has 1 aromatic rings. The predicted molar refractivity (Wildman–Crippen MR) is 58.7 cm³/mol. The molecule has 0 saturated carbocycles. The first-order chi connectivity index (χ1) is 7.18. The zero-order valence-electron chi connectivity index (χ0n) is 8.35. The Bertz CT molecular complexity index is 362. The molecule has 16 heavy (non-hydrogen) atoms. The van der Waals surface area contributed by atoms with Gasteiger partial charge in [-0.2, -0.15) is 0 Å². The molecule has 0 bridgehead atoms. The Morgan fingerprint density at radius 2 is 2.31 bits per heavy atom. The van der Waals surface area contributed by atoms with Crippen LogP contribution in [-0.2, 0) is 4.79 Å². The highest BCUT2D eigenvalue weighted by Crippen LogP contribution is 2.23. The molecule has 1 saturated heterocycles. The third-order valence-corrected chi connectivity index (χ3v) is 2.42. The summed E-state index contributed by atoms with van der Waals surface area (Å²) in [5.74, 6) is -0.404. The average Bonchev–Trinajstić information content (AvgIpc) is 2.62. The molecule has 0 aliphatic carbocycles. The number of aliphatic hydroxyl groups is 1. The SMILES string of the molecule is Cl.O=C(O)C1CC(O)CN1c1ccncn1. The van der Waals surface area contributed by atoms with Crippen LogP contribution in [0.4, 0.5) is 5.82 Å². The van der Waals surface area contributed by atoms with Gasteiger partial charge in [-0.1, -0.05) is 0 Å². The van der Waals surface area contributed by atoms with Crippen molar-refractivity contribution in [2.75, 3.05) is 11.4 Å². The maximum absolute atomic E-state index is 10.9. The molecular weight excluding hydrogens is 234 g/mol. The van der Waals surface area contributed by atoms with E-state index in [9.17, 15) is 9.90 Å². The zero-order chi connectivity index (χ0) is 10.8. The fourth-order valence-corrected chi connectivity index (χ4v) is 1.75. The van der Waals surface area contributed by atoms with Gasteiger partial charge in [0.1, 0.15) is 18.2 Å². The monoisotopic (exact) mass is 245 g/mol. The molecule has 1 aliphatic rings. The summed E-state index contributed by atoms with van der Waals surface area (Å²) in [5.41, 5.74) is 0. The van der Waals surface area contributed by atoms with E-state index in [0.29, 0.717) is 12.4 Å². The number of carboxylic acid groups (broad SMARTS) is 1. The summed E-state index contributed by atoms with van der Waals surface area (Å²) in [6.07, 6.45) is 2.53. The van der Waals surface area contributed by atoms with Crippen molar-refractivity contribution >= 4 is 24.2 Å². The van der Waals surface area contributed by atoms with E-state index in [-0.39, 0.29) is 18.8 Å². The molecule has 2 atom stereocenters. The molecule has 0 amide bonds. The van der Waals surface area contributed by atoms with Crippen LogP contribution in [0.5, 0.6) is 0 Å². The van der Waals surface area contributed by atoms with Gasteiger partial charge in [-0.05, 0) is 6.07 Å². The van der Waals surface area contributed by atoms with Crippen LogP contribution in [0.15, 0.2) is 18.6 Å². The Balaban J connectivity index is 0.00000128. The van der Waals surface area contributed by atoms with E-state index in [0.717, 1.165) is 0 Å². The van der Waals surface area contributed by atoms with E-state index in [2.05, 4.69) is 9.97 Å². The first-order valence-electron chi connectivity index (χ1n) is 4.62. The number of aromatic nitrogens is 2. The van der Waals surface area contributed by atoms with Gasteiger partial charge in [0.2, 0.25) is 0 Å². The van der Waals surface area contributed by atoms with Crippen LogP contribution in [0.2, 0.25) is 0 Å². The Morgan fingerprint density at radius 3 is 2.88 bits per heavy atom. The summed E-state index contributed by atoms with van der Waals surface area (Å²) in [5, 5.41) is 18.4. The second kappa shape index (κ2) is 5.09. The molecule has 1 aromatic heterocycles. The minimum atomic E-state index is -0.940. The normalized spacial score (nSPS) is 23.9. The topological polar surface area (TPSA) is 86.5 Å². The molecule has 0 aromatic carbocycles. The van der Waals surface area contributed by atoms with Gasteiger partial charge in [-0.25, -0.2) is 14.8 Å². The Kier molecular flexibility index (Phi) is 4.03. The summed E-state index contributed by atoms with van der Waals surface area (Å²) >= 11 is 0. The smallest absolute Gasteiger partial charge is 0.326 e. The lowest BCUT2D eigenvalue weighted by atomic mass is 10.2. The number of aliphatic hydroxyl groups excluding tert-OH is 1. The molecule has 88 valence electrons. The lowest BCUT2D eigenvalue weighted by Crippen LogP contribution is -2.36. The lowest BCUT2D eigenvalue weighted by molar-refractivity contribution is -0.138. The Morgan fingerprint density at radius 1 is 1.56 bits per heavy atom. The minimum Gasteiger partial charge on any atom is -0.480 e. The van der Waals surface area contributed by atoms with Gasteiger partial charge in [0.25, 0.3) is 0 Å². The van der Waals surface area contributed by atoms with Gasteiger partial charge in [0, 0.05) is 19.2 Å². The molecule has 6 nitrogen and oxygen atoms in total. The van der Waals surface area contributed by atoms with E-state index in [1.807, 2.05) is 0 Å². The molecule has 0 radical (unpaired) electrons. The van der Waals surface area contributed by atoms with Crippen LogP contribution in [0.3, 0.4) is 0 Å². The van der Waals surface area contributed by atoms with Crippen molar-refractivity contribution in [1.82, 2.24) is 9.97 Å². The van der Waals surface area contributed by atoms with E-state index in [1.54, 1.807) is 17.2 Å². The van der Waals surface area contributed by atoms with E-state index in [1.165, 1.54) is 6.33 Å². The van der Waals surface area contributed by atoms with E-state index < -0.39 is 18.1 Å². The molecule has 7 heteroatoms. The number of nitrogens with zero attached hydrogens (tertiary/aromatic N) is 3. The second-order valence-corrected chi connectivity index (χ2v) is 3.46. The molecule has 2 unspecified atom stereocenters. The lowest BCUT2D eigenvalue weighted by Gasteiger charge is -2.21. The Labute approximate surface area is 98.4 Å². The number of aliphatic carboxylic acids is 1. The number of rotatable bonds is 2. The number of carboxylic acids is 1. The van der Waals surface area contributed by atoms with Crippen molar-refractivity contribution in [2.45, 2.75) is 18.6 Å². The Hall–Kier alpha value is -1.40. The molecule has 0 spiro atoms. The summed E-state index contributed by atoms with van der Waals surface area (Å²) in [6.45, 7) is 0.300. The van der Waals surface area contributed by atoms with Crippen molar-refractivity contribution in [2.24, 2.45) is 0 Å².